The monoisotopic (exact) mass is 322 g/mol. The van der Waals surface area contributed by atoms with Gasteiger partial charge in [-0.05, 0) is 32.2 Å². The summed E-state index contributed by atoms with van der Waals surface area (Å²) in [5.41, 5.74) is 2.37. The number of aryl methyl sites for hydroxylation is 1. The molecule has 2 aromatic rings. The number of nitrogens with one attached hydrogen (secondary N) is 1. The number of thioether (sulfide) groups is 1. The van der Waals surface area contributed by atoms with Gasteiger partial charge in [0.05, 0.1) is 12.1 Å². The summed E-state index contributed by atoms with van der Waals surface area (Å²) >= 11 is 7.79. The van der Waals surface area contributed by atoms with Gasteiger partial charge in [-0.3, -0.25) is 0 Å². The van der Waals surface area contributed by atoms with Crippen molar-refractivity contribution in [1.29, 1.82) is 0 Å². The number of nitrogens with zero attached hydrogens (tertiary/aromatic N) is 1. The van der Waals surface area contributed by atoms with E-state index in [9.17, 15) is 0 Å². The van der Waals surface area contributed by atoms with E-state index in [1.807, 2.05) is 25.2 Å². The molecule has 0 aliphatic rings. The number of ether oxygens (including phenoxy) is 1. The van der Waals surface area contributed by atoms with Crippen LogP contribution in [0.2, 0.25) is 5.02 Å². The number of rotatable bonds is 6. The molecule has 1 heterocycles. The second-order valence-electron chi connectivity index (χ2n) is 4.69. The highest BCUT2D eigenvalue weighted by atomic mass is 35.5. The SMILES string of the molecule is CNC(CSc1ncccc1Cl)c1cc(C)ccc1OC. The Labute approximate surface area is 135 Å². The fourth-order valence-electron chi connectivity index (χ4n) is 2.09. The predicted octanol–water partition coefficient (Wildman–Crippen LogP) is 4.10. The second-order valence-corrected chi connectivity index (χ2v) is 6.10. The number of halogens is 1. The minimum Gasteiger partial charge on any atom is -0.496 e. The molecule has 0 saturated heterocycles. The summed E-state index contributed by atoms with van der Waals surface area (Å²) in [7, 11) is 3.65. The molecule has 2 rings (SSSR count). The maximum absolute atomic E-state index is 6.15. The van der Waals surface area contributed by atoms with Crippen LogP contribution in [-0.2, 0) is 0 Å². The van der Waals surface area contributed by atoms with Gasteiger partial charge in [0.2, 0.25) is 0 Å². The van der Waals surface area contributed by atoms with Gasteiger partial charge < -0.3 is 10.1 Å². The van der Waals surface area contributed by atoms with E-state index >= 15 is 0 Å². The Kier molecular flexibility index (Phi) is 5.91. The number of methoxy groups -OCH3 is 1. The quantitative estimate of drug-likeness (QED) is 0.812. The molecule has 5 heteroatoms. The first kappa shape index (κ1) is 16.1. The minimum atomic E-state index is 0.169. The molecule has 1 aromatic heterocycles. The average Bonchev–Trinajstić information content (AvgIpc) is 2.50. The van der Waals surface area contributed by atoms with Crippen molar-refractivity contribution in [3.8, 4) is 5.75 Å². The van der Waals surface area contributed by atoms with Crippen molar-refractivity contribution in [1.82, 2.24) is 10.3 Å². The third kappa shape index (κ3) is 4.13. The number of hydrogen-bond donors (Lipinski definition) is 1. The van der Waals surface area contributed by atoms with Crippen molar-refractivity contribution in [2.24, 2.45) is 0 Å². The molecule has 1 unspecified atom stereocenters. The van der Waals surface area contributed by atoms with Gasteiger partial charge in [0.1, 0.15) is 10.8 Å². The molecule has 0 spiro atoms. The van der Waals surface area contributed by atoms with Gasteiger partial charge in [0.15, 0.2) is 0 Å². The van der Waals surface area contributed by atoms with Crippen molar-refractivity contribution in [2.75, 3.05) is 19.9 Å². The summed E-state index contributed by atoms with van der Waals surface area (Å²) in [6.07, 6.45) is 1.76. The molecule has 1 atom stereocenters. The van der Waals surface area contributed by atoms with Crippen LogP contribution in [0.1, 0.15) is 17.2 Å². The summed E-state index contributed by atoms with van der Waals surface area (Å²) in [4.78, 5) is 4.31. The van der Waals surface area contributed by atoms with Gasteiger partial charge in [-0.25, -0.2) is 4.98 Å². The highest BCUT2D eigenvalue weighted by Gasteiger charge is 2.16. The average molecular weight is 323 g/mol. The van der Waals surface area contributed by atoms with Gasteiger partial charge in [-0.2, -0.15) is 0 Å². The lowest BCUT2D eigenvalue weighted by atomic mass is 10.0. The lowest BCUT2D eigenvalue weighted by Crippen LogP contribution is -2.19. The minimum absolute atomic E-state index is 0.169. The first-order chi connectivity index (χ1) is 10.2. The topological polar surface area (TPSA) is 34.2 Å². The lowest BCUT2D eigenvalue weighted by molar-refractivity contribution is 0.404. The molecule has 21 heavy (non-hydrogen) atoms. The molecule has 0 radical (unpaired) electrons. The molecule has 0 saturated carbocycles. The smallest absolute Gasteiger partial charge is 0.123 e. The molecule has 0 amide bonds. The number of hydrogen-bond acceptors (Lipinski definition) is 4. The van der Waals surface area contributed by atoms with E-state index in [1.165, 1.54) is 5.56 Å². The fourth-order valence-corrected chi connectivity index (χ4v) is 3.39. The van der Waals surface area contributed by atoms with E-state index in [0.29, 0.717) is 5.02 Å². The molecule has 1 aromatic carbocycles. The normalized spacial score (nSPS) is 12.2. The lowest BCUT2D eigenvalue weighted by Gasteiger charge is -2.19. The molecule has 0 aliphatic carbocycles. The van der Waals surface area contributed by atoms with Crippen molar-refractivity contribution in [3.05, 3.63) is 52.7 Å². The molecular weight excluding hydrogens is 304 g/mol. The molecule has 1 N–H and O–H groups in total. The zero-order valence-corrected chi connectivity index (χ0v) is 14.0. The fraction of sp³-hybridized carbons (Fsp3) is 0.312. The van der Waals surface area contributed by atoms with Crippen LogP contribution in [0.25, 0.3) is 0 Å². The number of pyridine rings is 1. The van der Waals surface area contributed by atoms with E-state index in [0.717, 1.165) is 22.1 Å². The molecule has 0 bridgehead atoms. The summed E-state index contributed by atoms with van der Waals surface area (Å²) in [5, 5.41) is 4.88. The van der Waals surface area contributed by atoms with E-state index < -0.39 is 0 Å². The van der Waals surface area contributed by atoms with Crippen molar-refractivity contribution in [3.63, 3.8) is 0 Å². The van der Waals surface area contributed by atoms with E-state index in [1.54, 1.807) is 25.1 Å². The summed E-state index contributed by atoms with van der Waals surface area (Å²) in [6, 6.07) is 10.1. The van der Waals surface area contributed by atoms with Gasteiger partial charge in [0.25, 0.3) is 0 Å². The Balaban J connectivity index is 2.17. The molecule has 112 valence electrons. The Morgan fingerprint density at radius 1 is 1.38 bits per heavy atom. The van der Waals surface area contributed by atoms with Crippen LogP contribution >= 0.6 is 23.4 Å². The predicted molar refractivity (Wildman–Crippen MR) is 89.5 cm³/mol. The standard InChI is InChI=1S/C16H19ClN2OS/c1-11-6-7-15(20-3)12(9-11)14(18-2)10-21-16-13(17)5-4-8-19-16/h4-9,14,18H,10H2,1-3H3. The summed E-state index contributed by atoms with van der Waals surface area (Å²) in [6.45, 7) is 2.08. The Morgan fingerprint density at radius 3 is 2.86 bits per heavy atom. The van der Waals surface area contributed by atoms with Gasteiger partial charge in [-0.1, -0.05) is 29.3 Å². The third-order valence-electron chi connectivity index (χ3n) is 3.22. The van der Waals surface area contributed by atoms with Crippen LogP contribution < -0.4 is 10.1 Å². The highest BCUT2D eigenvalue weighted by Crippen LogP contribution is 2.32. The van der Waals surface area contributed by atoms with Gasteiger partial charge >= 0.3 is 0 Å². The van der Waals surface area contributed by atoms with E-state index in [-0.39, 0.29) is 6.04 Å². The molecular formula is C16H19ClN2OS. The van der Waals surface area contributed by atoms with Gasteiger partial charge in [-0.15, -0.1) is 11.8 Å². The summed E-state index contributed by atoms with van der Waals surface area (Å²) in [5.74, 6) is 1.72. The van der Waals surface area contributed by atoms with Gasteiger partial charge in [0, 0.05) is 23.6 Å². The van der Waals surface area contributed by atoms with Crippen molar-refractivity contribution < 1.29 is 4.74 Å². The number of aromatic nitrogens is 1. The first-order valence-electron chi connectivity index (χ1n) is 6.70. The second kappa shape index (κ2) is 7.69. The molecule has 0 aliphatic heterocycles. The molecule has 3 nitrogen and oxygen atoms in total. The van der Waals surface area contributed by atoms with Crippen LogP contribution in [0.15, 0.2) is 41.6 Å². The Bertz CT molecular complexity index is 607. The van der Waals surface area contributed by atoms with Crippen LogP contribution in [0.3, 0.4) is 0 Å². The van der Waals surface area contributed by atoms with Crippen LogP contribution in [0, 0.1) is 6.92 Å². The maximum atomic E-state index is 6.15. The summed E-state index contributed by atoms with van der Waals surface area (Å²) < 4.78 is 5.47. The Morgan fingerprint density at radius 2 is 2.19 bits per heavy atom. The first-order valence-corrected chi connectivity index (χ1v) is 8.07. The Hall–Kier alpha value is -1.23. The highest BCUT2D eigenvalue weighted by molar-refractivity contribution is 7.99. The van der Waals surface area contributed by atoms with E-state index in [4.69, 9.17) is 16.3 Å². The zero-order valence-electron chi connectivity index (χ0n) is 12.4. The van der Waals surface area contributed by atoms with Crippen LogP contribution in [0.4, 0.5) is 0 Å². The maximum Gasteiger partial charge on any atom is 0.123 e. The van der Waals surface area contributed by atoms with Crippen molar-refractivity contribution in [2.45, 2.75) is 18.0 Å². The largest absolute Gasteiger partial charge is 0.496 e. The van der Waals surface area contributed by atoms with E-state index in [2.05, 4.69) is 29.4 Å². The van der Waals surface area contributed by atoms with Crippen molar-refractivity contribution >= 4 is 23.4 Å². The van der Waals surface area contributed by atoms with Crippen LogP contribution in [-0.4, -0.2) is 24.9 Å². The number of benzene rings is 1. The van der Waals surface area contributed by atoms with Crippen LogP contribution in [0.5, 0.6) is 5.75 Å². The molecule has 0 fully saturated rings. The third-order valence-corrected chi connectivity index (χ3v) is 4.74. The zero-order chi connectivity index (χ0) is 15.2.